The van der Waals surface area contributed by atoms with Crippen LogP contribution in [0.2, 0.25) is 0 Å². The van der Waals surface area contributed by atoms with E-state index >= 15 is 0 Å². The molecule has 0 aliphatic carbocycles. The number of benzene rings is 2. The van der Waals surface area contributed by atoms with Crippen molar-refractivity contribution in [1.29, 1.82) is 0 Å². The summed E-state index contributed by atoms with van der Waals surface area (Å²) in [7, 11) is 0. The van der Waals surface area contributed by atoms with Gasteiger partial charge in [0.15, 0.2) is 0 Å². The molecule has 1 unspecified atom stereocenters. The first-order valence-electron chi connectivity index (χ1n) is 10.1. The van der Waals surface area contributed by atoms with Crippen molar-refractivity contribution < 1.29 is 14.3 Å². The van der Waals surface area contributed by atoms with Crippen molar-refractivity contribution in [3.8, 4) is 22.6 Å². The third-order valence-electron chi connectivity index (χ3n) is 5.39. The molecule has 1 saturated heterocycles. The van der Waals surface area contributed by atoms with Crippen LogP contribution in [0.25, 0.3) is 22.6 Å². The summed E-state index contributed by atoms with van der Waals surface area (Å²) in [5, 5.41) is 17.5. The summed E-state index contributed by atoms with van der Waals surface area (Å²) in [4.78, 5) is 14.3. The Morgan fingerprint density at radius 3 is 2.52 bits per heavy atom. The topological polar surface area (TPSA) is 79.5 Å². The summed E-state index contributed by atoms with van der Waals surface area (Å²) < 4.78 is 5.76. The second-order valence-corrected chi connectivity index (χ2v) is 7.47. The Hall–Kier alpha value is -2.99. The Morgan fingerprint density at radius 1 is 1.03 bits per heavy atom. The molecule has 1 aliphatic heterocycles. The summed E-state index contributed by atoms with van der Waals surface area (Å²) in [6.45, 7) is 1.54. The molecular formula is C23H25N3O3. The zero-order valence-corrected chi connectivity index (χ0v) is 16.3. The molecule has 0 bridgehead atoms. The average Bonchev–Trinajstić information content (AvgIpc) is 3.27. The molecule has 1 amide bonds. The number of carbonyl (C=O) groups is 1. The highest BCUT2D eigenvalue weighted by Crippen LogP contribution is 2.24. The van der Waals surface area contributed by atoms with Crippen LogP contribution < -0.4 is 0 Å². The number of likely N-dealkylation sites (tertiary alicyclic amines) is 1. The number of aryl methyl sites for hydroxylation is 1. The van der Waals surface area contributed by atoms with Crippen molar-refractivity contribution in [3.05, 3.63) is 60.5 Å². The minimum absolute atomic E-state index is 0.0788. The fourth-order valence-corrected chi connectivity index (χ4v) is 3.72. The van der Waals surface area contributed by atoms with Crippen molar-refractivity contribution in [2.24, 2.45) is 5.92 Å². The third kappa shape index (κ3) is 4.71. The van der Waals surface area contributed by atoms with E-state index in [1.54, 1.807) is 0 Å². The van der Waals surface area contributed by atoms with Gasteiger partial charge in [0, 0.05) is 38.1 Å². The minimum atomic E-state index is 0.0788. The first kappa shape index (κ1) is 19.3. The fourth-order valence-electron chi connectivity index (χ4n) is 3.72. The van der Waals surface area contributed by atoms with Crippen LogP contribution in [0.5, 0.6) is 0 Å². The number of aliphatic hydroxyl groups excluding tert-OH is 1. The highest BCUT2D eigenvalue weighted by molar-refractivity contribution is 5.76. The van der Waals surface area contributed by atoms with Crippen LogP contribution >= 0.6 is 0 Å². The van der Waals surface area contributed by atoms with Crippen LogP contribution in [-0.2, 0) is 11.2 Å². The van der Waals surface area contributed by atoms with Gasteiger partial charge in [-0.2, -0.15) is 0 Å². The molecular weight excluding hydrogens is 366 g/mol. The zero-order chi connectivity index (χ0) is 20.1. The van der Waals surface area contributed by atoms with Crippen molar-refractivity contribution in [2.75, 3.05) is 19.7 Å². The first-order valence-corrected chi connectivity index (χ1v) is 10.1. The Kier molecular flexibility index (Phi) is 6.00. The largest absolute Gasteiger partial charge is 0.421 e. The van der Waals surface area contributed by atoms with E-state index in [4.69, 9.17) is 4.42 Å². The van der Waals surface area contributed by atoms with Gasteiger partial charge in [0.25, 0.3) is 0 Å². The number of carbonyl (C=O) groups excluding carboxylic acids is 1. The Balaban J connectivity index is 1.35. The van der Waals surface area contributed by atoms with Gasteiger partial charge in [0.05, 0.1) is 0 Å². The van der Waals surface area contributed by atoms with E-state index in [0.29, 0.717) is 31.2 Å². The van der Waals surface area contributed by atoms with Gasteiger partial charge in [-0.3, -0.25) is 4.79 Å². The maximum Gasteiger partial charge on any atom is 0.247 e. The number of piperidine rings is 1. The second kappa shape index (κ2) is 9.01. The molecule has 0 spiro atoms. The molecule has 2 heterocycles. The quantitative estimate of drug-likeness (QED) is 0.695. The van der Waals surface area contributed by atoms with Crippen molar-refractivity contribution in [2.45, 2.75) is 25.7 Å². The van der Waals surface area contributed by atoms with Gasteiger partial charge in [-0.25, -0.2) is 0 Å². The maximum atomic E-state index is 12.4. The summed E-state index contributed by atoms with van der Waals surface area (Å²) in [5.74, 6) is 1.21. The van der Waals surface area contributed by atoms with Crippen molar-refractivity contribution in [3.63, 3.8) is 0 Å². The monoisotopic (exact) mass is 391 g/mol. The van der Waals surface area contributed by atoms with E-state index in [9.17, 15) is 9.90 Å². The predicted octanol–water partition coefficient (Wildman–Crippen LogP) is 3.57. The summed E-state index contributed by atoms with van der Waals surface area (Å²) in [6, 6.07) is 18.2. The standard InChI is InChI=1S/C23H25N3O3/c27-16-17-5-4-14-26(15-17)22(28)13-12-21-24-25-23(29-21)20-10-8-19(9-11-20)18-6-2-1-3-7-18/h1-3,6-11,17,27H,4-5,12-16H2. The lowest BCUT2D eigenvalue weighted by Gasteiger charge is -2.31. The van der Waals surface area contributed by atoms with Crippen LogP contribution in [0.4, 0.5) is 0 Å². The normalized spacial score (nSPS) is 16.7. The van der Waals surface area contributed by atoms with E-state index in [2.05, 4.69) is 22.3 Å². The number of rotatable bonds is 6. The number of hydrogen-bond donors (Lipinski definition) is 1. The van der Waals surface area contributed by atoms with E-state index < -0.39 is 0 Å². The summed E-state index contributed by atoms with van der Waals surface area (Å²) >= 11 is 0. The maximum absolute atomic E-state index is 12.4. The predicted molar refractivity (Wildman–Crippen MR) is 110 cm³/mol. The zero-order valence-electron chi connectivity index (χ0n) is 16.3. The smallest absolute Gasteiger partial charge is 0.247 e. The molecule has 0 saturated carbocycles. The van der Waals surface area contributed by atoms with E-state index in [1.165, 1.54) is 0 Å². The average molecular weight is 391 g/mol. The van der Waals surface area contributed by atoms with Gasteiger partial charge in [-0.1, -0.05) is 42.5 Å². The van der Waals surface area contributed by atoms with Crippen LogP contribution in [0.15, 0.2) is 59.0 Å². The van der Waals surface area contributed by atoms with Crippen molar-refractivity contribution in [1.82, 2.24) is 15.1 Å². The number of aliphatic hydroxyl groups is 1. The molecule has 6 heteroatoms. The highest BCUT2D eigenvalue weighted by atomic mass is 16.4. The van der Waals surface area contributed by atoms with Gasteiger partial charge in [0.2, 0.25) is 17.7 Å². The lowest BCUT2D eigenvalue weighted by atomic mass is 9.99. The Labute approximate surface area is 170 Å². The molecule has 0 radical (unpaired) electrons. The molecule has 6 nitrogen and oxygen atoms in total. The number of nitrogens with zero attached hydrogens (tertiary/aromatic N) is 3. The first-order chi connectivity index (χ1) is 14.2. The molecule has 1 aromatic heterocycles. The molecule has 4 rings (SSSR count). The van der Waals surface area contributed by atoms with E-state index in [0.717, 1.165) is 36.1 Å². The SMILES string of the molecule is O=C(CCc1nnc(-c2ccc(-c3ccccc3)cc2)o1)N1CCCC(CO)C1. The lowest BCUT2D eigenvalue weighted by Crippen LogP contribution is -2.41. The summed E-state index contributed by atoms with van der Waals surface area (Å²) in [6.07, 6.45) is 2.69. The second-order valence-electron chi connectivity index (χ2n) is 7.47. The molecule has 29 heavy (non-hydrogen) atoms. The van der Waals surface area contributed by atoms with Gasteiger partial charge >= 0.3 is 0 Å². The number of aromatic nitrogens is 2. The lowest BCUT2D eigenvalue weighted by molar-refractivity contribution is -0.133. The van der Waals surface area contributed by atoms with Gasteiger partial charge in [-0.05, 0) is 42.0 Å². The summed E-state index contributed by atoms with van der Waals surface area (Å²) in [5.41, 5.74) is 3.14. The molecule has 1 fully saturated rings. The van der Waals surface area contributed by atoms with Gasteiger partial charge < -0.3 is 14.4 Å². The Morgan fingerprint density at radius 2 is 1.76 bits per heavy atom. The van der Waals surface area contributed by atoms with Crippen LogP contribution in [-0.4, -0.2) is 45.8 Å². The minimum Gasteiger partial charge on any atom is -0.421 e. The number of hydrogen-bond acceptors (Lipinski definition) is 5. The molecule has 1 atom stereocenters. The molecule has 3 aromatic rings. The van der Waals surface area contributed by atoms with Crippen LogP contribution in [0.3, 0.4) is 0 Å². The van der Waals surface area contributed by atoms with Crippen molar-refractivity contribution >= 4 is 5.91 Å². The van der Waals surface area contributed by atoms with Gasteiger partial charge in [0.1, 0.15) is 0 Å². The molecule has 1 aliphatic rings. The number of amides is 1. The molecule has 1 N–H and O–H groups in total. The van der Waals surface area contributed by atoms with E-state index in [-0.39, 0.29) is 18.4 Å². The Bertz CT molecular complexity index is 938. The molecule has 150 valence electrons. The molecule has 2 aromatic carbocycles. The van der Waals surface area contributed by atoms with Gasteiger partial charge in [-0.15, -0.1) is 10.2 Å². The highest BCUT2D eigenvalue weighted by Gasteiger charge is 2.23. The fraction of sp³-hybridized carbons (Fsp3) is 0.348. The van der Waals surface area contributed by atoms with E-state index in [1.807, 2.05) is 47.4 Å². The van der Waals surface area contributed by atoms with Crippen LogP contribution in [0.1, 0.15) is 25.2 Å². The van der Waals surface area contributed by atoms with Crippen LogP contribution in [0, 0.1) is 5.92 Å². The third-order valence-corrected chi connectivity index (χ3v) is 5.39.